The number of rotatable bonds is 6. The smallest absolute Gasteiger partial charge is 0.280 e. The number of benzene rings is 2. The molecule has 142 valence electrons. The number of aromatic nitrogens is 1. The number of carbonyl (C=O) groups is 1. The van der Waals surface area contributed by atoms with Crippen LogP contribution in [0.5, 0.6) is 5.88 Å². The van der Waals surface area contributed by atoms with Gasteiger partial charge in [-0.25, -0.2) is 4.99 Å². The van der Waals surface area contributed by atoms with Gasteiger partial charge in [0.05, 0.1) is 22.5 Å². The Morgan fingerprint density at radius 2 is 1.39 bits per heavy atom. The van der Waals surface area contributed by atoms with Gasteiger partial charge in [0.2, 0.25) is 0 Å². The lowest BCUT2D eigenvalue weighted by Gasteiger charge is -2.03. The maximum absolute atomic E-state index is 12.7. The Labute approximate surface area is 172 Å². The van der Waals surface area contributed by atoms with Gasteiger partial charge in [0.25, 0.3) is 5.91 Å². The van der Waals surface area contributed by atoms with Gasteiger partial charge in [-0.15, -0.1) is 23.5 Å². The van der Waals surface area contributed by atoms with E-state index < -0.39 is 0 Å². The van der Waals surface area contributed by atoms with Crippen LogP contribution in [0.2, 0.25) is 0 Å². The molecule has 2 N–H and O–H groups in total. The van der Waals surface area contributed by atoms with Crippen LogP contribution in [0.15, 0.2) is 63.3 Å². The maximum atomic E-state index is 12.7. The Kier molecular flexibility index (Phi) is 5.33. The lowest BCUT2D eigenvalue weighted by Crippen LogP contribution is -1.99. The summed E-state index contributed by atoms with van der Waals surface area (Å²) in [6, 6.07) is 15.9. The molecule has 0 aliphatic carbocycles. The van der Waals surface area contributed by atoms with Crippen LogP contribution in [0, 0.1) is 0 Å². The quantitative estimate of drug-likeness (QED) is 0.521. The van der Waals surface area contributed by atoms with E-state index in [1.54, 1.807) is 23.5 Å². The number of carbonyl (C=O) groups excluding carboxylic acids is 1. The van der Waals surface area contributed by atoms with E-state index in [4.69, 9.17) is 0 Å². The average Bonchev–Trinajstić information content (AvgIpc) is 3.22. The number of aliphatic imine (C=N–C) groups is 1. The van der Waals surface area contributed by atoms with Gasteiger partial charge in [-0.2, -0.15) is 0 Å². The molecular formula is C22H20N2O2S2. The van der Waals surface area contributed by atoms with Gasteiger partial charge in [0, 0.05) is 15.4 Å². The van der Waals surface area contributed by atoms with Crippen molar-refractivity contribution in [1.29, 1.82) is 0 Å². The van der Waals surface area contributed by atoms with Gasteiger partial charge in [-0.3, -0.25) is 4.79 Å². The fourth-order valence-electron chi connectivity index (χ4n) is 3.33. The van der Waals surface area contributed by atoms with E-state index in [2.05, 4.69) is 23.8 Å². The molecule has 4 rings (SSSR count). The van der Waals surface area contributed by atoms with E-state index in [-0.39, 0.29) is 11.8 Å². The van der Waals surface area contributed by atoms with Crippen molar-refractivity contribution in [2.45, 2.75) is 23.6 Å². The molecule has 0 radical (unpaired) electrons. The van der Waals surface area contributed by atoms with Crippen LogP contribution in [-0.2, 0) is 0 Å². The van der Waals surface area contributed by atoms with Crippen LogP contribution < -0.4 is 0 Å². The Morgan fingerprint density at radius 1 is 0.857 bits per heavy atom. The summed E-state index contributed by atoms with van der Waals surface area (Å²) in [7, 11) is 0. The van der Waals surface area contributed by atoms with E-state index in [9.17, 15) is 9.90 Å². The second-order valence-electron chi connectivity index (χ2n) is 6.28. The Balaban J connectivity index is 1.72. The predicted molar refractivity (Wildman–Crippen MR) is 117 cm³/mol. The first kappa shape index (κ1) is 18.9. The molecule has 1 aromatic heterocycles. The highest BCUT2D eigenvalue weighted by Gasteiger charge is 2.33. The van der Waals surface area contributed by atoms with Crippen molar-refractivity contribution in [2.24, 2.45) is 4.99 Å². The zero-order valence-corrected chi connectivity index (χ0v) is 17.3. The van der Waals surface area contributed by atoms with Crippen molar-refractivity contribution in [3.8, 4) is 17.1 Å². The number of amides is 1. The summed E-state index contributed by atoms with van der Waals surface area (Å²) in [5.41, 5.74) is 3.74. The molecule has 0 fully saturated rings. The number of aromatic hydroxyl groups is 1. The number of aromatic amines is 1. The normalized spacial score (nSPS) is 12.9. The predicted octanol–water partition coefficient (Wildman–Crippen LogP) is 5.60. The van der Waals surface area contributed by atoms with Crippen LogP contribution in [-0.4, -0.2) is 33.2 Å². The second kappa shape index (κ2) is 7.89. The Bertz CT molecular complexity index is 1050. The largest absolute Gasteiger partial charge is 0.494 e. The number of hydrogen-bond acceptors (Lipinski definition) is 4. The van der Waals surface area contributed by atoms with E-state index >= 15 is 0 Å². The van der Waals surface area contributed by atoms with Crippen molar-refractivity contribution in [1.82, 2.24) is 4.98 Å². The third kappa shape index (κ3) is 3.38. The van der Waals surface area contributed by atoms with Gasteiger partial charge >= 0.3 is 0 Å². The van der Waals surface area contributed by atoms with Crippen LogP contribution in [0.25, 0.3) is 11.3 Å². The lowest BCUT2D eigenvalue weighted by molar-refractivity contribution is 0.101. The fourth-order valence-corrected chi connectivity index (χ4v) is 4.65. The maximum Gasteiger partial charge on any atom is 0.280 e. The van der Waals surface area contributed by atoms with Gasteiger partial charge < -0.3 is 10.1 Å². The standard InChI is InChI=1S/C22H20N2O2S2/c1-3-27-15-9-5-13(6-10-15)19-17-18(22(26)23-19)20(24-21(17)25)14-7-11-16(12-8-14)28-4-2/h5-12,23,26H,3-4H2,1-2H3. The number of nitrogens with one attached hydrogen (secondary N) is 1. The van der Waals surface area contributed by atoms with Crippen molar-refractivity contribution in [2.75, 3.05) is 11.5 Å². The highest BCUT2D eigenvalue weighted by Crippen LogP contribution is 2.38. The molecule has 0 bridgehead atoms. The summed E-state index contributed by atoms with van der Waals surface area (Å²) < 4.78 is 0. The lowest BCUT2D eigenvalue weighted by atomic mass is 10.0. The zero-order chi connectivity index (χ0) is 19.7. The van der Waals surface area contributed by atoms with Crippen LogP contribution in [0.3, 0.4) is 0 Å². The topological polar surface area (TPSA) is 65.5 Å². The molecule has 4 nitrogen and oxygen atoms in total. The number of fused-ring (bicyclic) bond motifs is 1. The van der Waals surface area contributed by atoms with Crippen LogP contribution in [0.4, 0.5) is 0 Å². The number of H-pyrrole nitrogens is 1. The average molecular weight is 409 g/mol. The molecule has 28 heavy (non-hydrogen) atoms. The molecule has 0 spiro atoms. The van der Waals surface area contributed by atoms with Crippen molar-refractivity contribution >= 4 is 35.1 Å². The highest BCUT2D eigenvalue weighted by atomic mass is 32.2. The van der Waals surface area contributed by atoms with Gasteiger partial charge in [-0.05, 0) is 41.3 Å². The molecule has 0 unspecified atom stereocenters. The van der Waals surface area contributed by atoms with E-state index in [0.29, 0.717) is 22.5 Å². The number of nitrogens with zero attached hydrogens (tertiary/aromatic N) is 1. The molecule has 0 atom stereocenters. The first-order chi connectivity index (χ1) is 13.6. The molecule has 2 heterocycles. The molecule has 0 saturated carbocycles. The molecule has 0 saturated heterocycles. The first-order valence-corrected chi connectivity index (χ1v) is 11.1. The summed E-state index contributed by atoms with van der Waals surface area (Å²) in [4.78, 5) is 22.2. The van der Waals surface area contributed by atoms with Crippen LogP contribution in [0.1, 0.15) is 35.3 Å². The van der Waals surface area contributed by atoms with E-state index in [0.717, 1.165) is 22.6 Å². The molecule has 6 heteroatoms. The minimum Gasteiger partial charge on any atom is -0.494 e. The second-order valence-corrected chi connectivity index (χ2v) is 8.95. The third-order valence-electron chi connectivity index (χ3n) is 4.54. The monoisotopic (exact) mass is 408 g/mol. The number of hydrogen-bond donors (Lipinski definition) is 2. The molecule has 1 aliphatic heterocycles. The summed E-state index contributed by atoms with van der Waals surface area (Å²) in [5, 5.41) is 10.5. The molecule has 1 amide bonds. The minimum absolute atomic E-state index is 0.0198. The van der Waals surface area contributed by atoms with Gasteiger partial charge in [0.15, 0.2) is 5.88 Å². The van der Waals surface area contributed by atoms with Crippen molar-refractivity contribution in [3.63, 3.8) is 0 Å². The summed E-state index contributed by atoms with van der Waals surface area (Å²) in [6.45, 7) is 4.22. The Hall–Kier alpha value is -2.44. The summed E-state index contributed by atoms with van der Waals surface area (Å²) in [6.07, 6.45) is 0. The summed E-state index contributed by atoms with van der Waals surface area (Å²) >= 11 is 3.52. The Morgan fingerprint density at radius 3 is 1.93 bits per heavy atom. The third-order valence-corrected chi connectivity index (χ3v) is 6.33. The molecule has 2 aromatic carbocycles. The van der Waals surface area contributed by atoms with E-state index in [1.807, 2.05) is 48.5 Å². The van der Waals surface area contributed by atoms with Crippen molar-refractivity contribution < 1.29 is 9.90 Å². The number of thioether (sulfide) groups is 2. The van der Waals surface area contributed by atoms with Crippen LogP contribution >= 0.6 is 23.5 Å². The van der Waals surface area contributed by atoms with Gasteiger partial charge in [-0.1, -0.05) is 38.1 Å². The molecule has 3 aromatic rings. The molecule has 1 aliphatic rings. The fraction of sp³-hybridized carbons (Fsp3) is 0.182. The van der Waals surface area contributed by atoms with Gasteiger partial charge in [0.1, 0.15) is 0 Å². The van der Waals surface area contributed by atoms with Crippen molar-refractivity contribution in [3.05, 3.63) is 65.2 Å². The van der Waals surface area contributed by atoms with E-state index in [1.165, 1.54) is 9.79 Å². The SMILES string of the molecule is CCSc1ccc(C2=NC(=O)c3c(-c4ccc(SCC)cc4)[nH]c(O)c32)cc1. The summed E-state index contributed by atoms with van der Waals surface area (Å²) in [5.74, 6) is 1.66. The first-order valence-electron chi connectivity index (χ1n) is 9.17. The zero-order valence-electron chi connectivity index (χ0n) is 15.7. The molecular weight excluding hydrogens is 388 g/mol. The highest BCUT2D eigenvalue weighted by molar-refractivity contribution is 7.99. The minimum atomic E-state index is -0.324.